The van der Waals surface area contributed by atoms with E-state index in [0.29, 0.717) is 12.0 Å². The first kappa shape index (κ1) is 30.5. The molecule has 5 aromatic rings. The summed E-state index contributed by atoms with van der Waals surface area (Å²) >= 11 is 0. The maximum atomic E-state index is 11.7. The van der Waals surface area contributed by atoms with Gasteiger partial charge in [-0.15, -0.1) is 0 Å². The molecule has 45 heavy (non-hydrogen) atoms. The highest BCUT2D eigenvalue weighted by molar-refractivity contribution is 5.96. The van der Waals surface area contributed by atoms with E-state index in [1.165, 1.54) is 22.9 Å². The topological polar surface area (TPSA) is 148 Å². The predicted molar refractivity (Wildman–Crippen MR) is 181 cm³/mol. The average molecular weight is 598 g/mol. The lowest BCUT2D eigenvalue weighted by Gasteiger charge is -2.12. The molecule has 2 heterocycles. The van der Waals surface area contributed by atoms with Crippen molar-refractivity contribution >= 4 is 39.9 Å². The molecule has 1 unspecified atom stereocenters. The molecule has 0 saturated carbocycles. The highest BCUT2D eigenvalue weighted by Gasteiger charge is 2.23. The zero-order valence-electron chi connectivity index (χ0n) is 24.7. The number of primary amides is 1. The summed E-state index contributed by atoms with van der Waals surface area (Å²) in [5, 5.41) is 11.5. The van der Waals surface area contributed by atoms with E-state index < -0.39 is 5.91 Å². The Bertz CT molecular complexity index is 1840. The Hall–Kier alpha value is -5.96. The normalized spacial score (nSPS) is 13.4. The third-order valence-electron chi connectivity index (χ3n) is 7.28. The Kier molecular flexibility index (Phi) is 9.81. The molecule has 0 bridgehead atoms. The molecule has 1 aliphatic heterocycles. The van der Waals surface area contributed by atoms with Crippen LogP contribution in [-0.2, 0) is 11.2 Å². The third kappa shape index (κ3) is 8.11. The first-order valence-electron chi connectivity index (χ1n) is 14.6. The lowest BCUT2D eigenvalue weighted by atomic mass is 10.0. The van der Waals surface area contributed by atoms with E-state index in [9.17, 15) is 9.59 Å². The van der Waals surface area contributed by atoms with E-state index >= 15 is 0 Å². The summed E-state index contributed by atoms with van der Waals surface area (Å²) in [6, 6.07) is 34.2. The monoisotopic (exact) mass is 597 g/mol. The van der Waals surface area contributed by atoms with Gasteiger partial charge in [-0.05, 0) is 59.2 Å². The second kappa shape index (κ2) is 14.5. The van der Waals surface area contributed by atoms with Crippen LogP contribution in [0.4, 0.5) is 11.4 Å². The van der Waals surface area contributed by atoms with E-state index in [1.807, 2.05) is 48.7 Å². The van der Waals surface area contributed by atoms with Crippen molar-refractivity contribution in [2.75, 3.05) is 10.6 Å². The number of nitrogens with two attached hydrogens (primary N) is 2. The van der Waals surface area contributed by atoms with E-state index in [4.69, 9.17) is 11.5 Å². The Labute approximate surface area is 262 Å². The third-order valence-corrected chi connectivity index (χ3v) is 7.28. The number of rotatable bonds is 8. The van der Waals surface area contributed by atoms with Crippen LogP contribution >= 0.6 is 0 Å². The highest BCUT2D eigenvalue weighted by Crippen LogP contribution is 2.35. The van der Waals surface area contributed by atoms with Crippen molar-refractivity contribution < 1.29 is 9.59 Å². The Morgan fingerprint density at radius 2 is 1.53 bits per heavy atom. The van der Waals surface area contributed by atoms with Crippen LogP contribution in [0.25, 0.3) is 21.9 Å². The second-order valence-electron chi connectivity index (χ2n) is 10.5. The molecule has 4 aromatic carbocycles. The van der Waals surface area contributed by atoms with Crippen LogP contribution in [0.3, 0.4) is 0 Å². The van der Waals surface area contributed by atoms with Gasteiger partial charge in [0.05, 0.1) is 17.1 Å². The maximum absolute atomic E-state index is 11.7. The molecule has 6 rings (SSSR count). The number of amides is 2. The first-order chi connectivity index (χ1) is 21.9. The molecule has 9 heteroatoms. The number of hydrogen-bond donors (Lipinski definition) is 5. The number of benzene rings is 4. The number of aromatic nitrogens is 1. The molecule has 9 nitrogen and oxygen atoms in total. The van der Waals surface area contributed by atoms with E-state index in [-0.39, 0.29) is 18.0 Å². The second-order valence-corrected chi connectivity index (χ2v) is 10.5. The summed E-state index contributed by atoms with van der Waals surface area (Å²) in [6.45, 7) is 3.42. The quantitative estimate of drug-likeness (QED) is 0.108. The van der Waals surface area contributed by atoms with Gasteiger partial charge < -0.3 is 22.1 Å². The van der Waals surface area contributed by atoms with Gasteiger partial charge in [-0.25, -0.2) is 4.99 Å². The predicted octanol–water partition coefficient (Wildman–Crippen LogP) is 6.12. The molecular weight excluding hydrogens is 562 g/mol. The van der Waals surface area contributed by atoms with Gasteiger partial charge in [0.1, 0.15) is 6.17 Å². The fourth-order valence-electron chi connectivity index (χ4n) is 4.98. The number of carbonyl (C=O) groups excluding carboxylic acids is 2. The number of aliphatic imine (C=N–C) groups is 1. The molecule has 226 valence electrons. The van der Waals surface area contributed by atoms with Crippen LogP contribution in [0, 0.1) is 0 Å². The highest BCUT2D eigenvalue weighted by atomic mass is 16.2. The van der Waals surface area contributed by atoms with Gasteiger partial charge in [-0.1, -0.05) is 85.4 Å². The van der Waals surface area contributed by atoms with E-state index in [0.717, 1.165) is 40.7 Å². The summed E-state index contributed by atoms with van der Waals surface area (Å²) in [7, 11) is 0. The molecule has 0 radical (unpaired) electrons. The number of hydrogen-bond acceptors (Lipinski definition) is 6. The summed E-state index contributed by atoms with van der Waals surface area (Å²) in [6.07, 6.45) is 5.06. The zero-order chi connectivity index (χ0) is 31.6. The lowest BCUT2D eigenvalue weighted by Crippen LogP contribution is -2.36. The molecule has 0 spiro atoms. The van der Waals surface area contributed by atoms with Crippen molar-refractivity contribution in [1.82, 2.24) is 10.3 Å². The van der Waals surface area contributed by atoms with Crippen LogP contribution in [0.5, 0.6) is 0 Å². The van der Waals surface area contributed by atoms with Gasteiger partial charge in [-0.3, -0.25) is 19.9 Å². The van der Waals surface area contributed by atoms with Gasteiger partial charge in [-0.2, -0.15) is 0 Å². The molecule has 0 saturated heterocycles. The minimum Gasteiger partial charge on any atom is -0.369 e. The largest absolute Gasteiger partial charge is 0.369 e. The number of nitrogens with zero attached hydrogens (tertiary/aromatic N) is 2. The SMILES string of the molecule is C=CN=C(N)NC(=O)CCCc1ccc(-c2ccccc2)cc1.NC(=O)c1ccc2c(c1)NC(c1cc3ccccc3cn1)N2. The van der Waals surface area contributed by atoms with E-state index in [2.05, 4.69) is 81.0 Å². The van der Waals surface area contributed by atoms with E-state index in [1.54, 1.807) is 12.1 Å². The smallest absolute Gasteiger partial charge is 0.248 e. The van der Waals surface area contributed by atoms with Crippen molar-refractivity contribution in [3.8, 4) is 11.1 Å². The minimum atomic E-state index is -0.433. The number of aryl methyl sites for hydroxylation is 1. The van der Waals surface area contributed by atoms with Crippen molar-refractivity contribution in [3.05, 3.63) is 139 Å². The number of guanidine groups is 1. The molecule has 1 aliphatic rings. The molecule has 0 aliphatic carbocycles. The Morgan fingerprint density at radius 1 is 0.844 bits per heavy atom. The van der Waals surface area contributed by atoms with Crippen molar-refractivity contribution in [2.45, 2.75) is 25.4 Å². The van der Waals surface area contributed by atoms with Gasteiger partial charge in [0.15, 0.2) is 5.96 Å². The number of fused-ring (bicyclic) bond motifs is 2. The summed E-state index contributed by atoms with van der Waals surface area (Å²) < 4.78 is 0. The summed E-state index contributed by atoms with van der Waals surface area (Å²) in [4.78, 5) is 31.1. The number of nitrogens with one attached hydrogen (secondary N) is 3. The standard InChI is InChI=1S/C19H21N3O.C17H14N4O/c1-2-21-19(20)22-18(23)10-6-7-15-11-13-17(14-12-15)16-8-4-3-5-9-16;18-16(22)11-5-6-13-14(8-11)21-17(20-13)15-7-10-3-1-2-4-12(10)9-19-15/h2-5,8-9,11-14H,1,6-7,10H2,(H3,20,21,22,23);1-9,17,20-21H,(H2,18,22). The van der Waals surface area contributed by atoms with Gasteiger partial charge in [0.2, 0.25) is 11.8 Å². The van der Waals surface area contributed by atoms with Crippen LogP contribution < -0.4 is 27.4 Å². The Balaban J connectivity index is 0.000000178. The molecule has 1 aromatic heterocycles. The van der Waals surface area contributed by atoms with Crippen LogP contribution in [0.1, 0.15) is 40.6 Å². The van der Waals surface area contributed by atoms with Crippen LogP contribution in [0.15, 0.2) is 127 Å². The van der Waals surface area contributed by atoms with Gasteiger partial charge >= 0.3 is 0 Å². The molecular formula is C36H35N7O2. The van der Waals surface area contributed by atoms with Crippen molar-refractivity contribution in [3.63, 3.8) is 0 Å². The van der Waals surface area contributed by atoms with Crippen LogP contribution in [-0.4, -0.2) is 22.8 Å². The average Bonchev–Trinajstić information content (AvgIpc) is 3.49. The van der Waals surface area contributed by atoms with Crippen molar-refractivity contribution in [2.24, 2.45) is 16.5 Å². The van der Waals surface area contributed by atoms with Crippen molar-refractivity contribution in [1.29, 1.82) is 0 Å². The molecule has 0 fully saturated rings. The van der Waals surface area contributed by atoms with Crippen LogP contribution in [0.2, 0.25) is 0 Å². The number of anilines is 2. The molecule has 2 amide bonds. The fourth-order valence-corrected chi connectivity index (χ4v) is 4.98. The van der Waals surface area contributed by atoms with Gasteiger partial charge in [0.25, 0.3) is 0 Å². The zero-order valence-corrected chi connectivity index (χ0v) is 24.7. The van der Waals surface area contributed by atoms with Gasteiger partial charge in [0, 0.05) is 29.8 Å². The Morgan fingerprint density at radius 3 is 2.27 bits per heavy atom. The first-order valence-corrected chi connectivity index (χ1v) is 14.6. The molecule has 7 N–H and O–H groups in total. The maximum Gasteiger partial charge on any atom is 0.248 e. The lowest BCUT2D eigenvalue weighted by molar-refractivity contribution is -0.119. The summed E-state index contributed by atoms with van der Waals surface area (Å²) in [5.41, 5.74) is 17.6. The number of carbonyl (C=O) groups is 2. The summed E-state index contributed by atoms with van der Waals surface area (Å²) in [5.74, 6) is -0.483. The number of pyridine rings is 1. The fraction of sp³-hybridized carbons (Fsp3) is 0.111. The minimum absolute atomic E-state index is 0.0808. The molecule has 1 atom stereocenters.